The minimum atomic E-state index is 0.560. The van der Waals surface area contributed by atoms with Crippen molar-refractivity contribution in [2.45, 2.75) is 45.6 Å². The molecule has 2 nitrogen and oxygen atoms in total. The Morgan fingerprint density at radius 2 is 1.73 bits per heavy atom. The molecule has 0 aliphatic carbocycles. The van der Waals surface area contributed by atoms with Crippen LogP contribution in [-0.2, 0) is 0 Å². The number of hydrogen-bond acceptors (Lipinski definition) is 2. The highest BCUT2D eigenvalue weighted by Crippen LogP contribution is 2.20. The predicted molar refractivity (Wildman–Crippen MR) is 68.1 cm³/mol. The maximum atomic E-state index is 5.90. The normalized spacial score (nSPS) is 10.6. The van der Waals surface area contributed by atoms with Crippen LogP contribution in [-0.4, -0.2) is 6.04 Å². The van der Waals surface area contributed by atoms with E-state index in [0.29, 0.717) is 6.04 Å². The van der Waals surface area contributed by atoms with Gasteiger partial charge >= 0.3 is 0 Å². The van der Waals surface area contributed by atoms with Gasteiger partial charge in [0.1, 0.15) is 0 Å². The van der Waals surface area contributed by atoms with Crippen LogP contribution < -0.4 is 11.1 Å². The van der Waals surface area contributed by atoms with Crippen molar-refractivity contribution in [1.29, 1.82) is 0 Å². The van der Waals surface area contributed by atoms with E-state index in [4.69, 9.17) is 5.73 Å². The number of nitrogens with one attached hydrogen (secondary N) is 1. The van der Waals surface area contributed by atoms with Crippen molar-refractivity contribution in [2.24, 2.45) is 0 Å². The molecule has 0 aromatic heterocycles. The van der Waals surface area contributed by atoms with Gasteiger partial charge in [0.2, 0.25) is 0 Å². The van der Waals surface area contributed by atoms with Gasteiger partial charge in [-0.15, -0.1) is 0 Å². The molecule has 0 unspecified atom stereocenters. The van der Waals surface area contributed by atoms with Gasteiger partial charge in [0.05, 0.1) is 11.4 Å². The summed E-state index contributed by atoms with van der Waals surface area (Å²) in [6, 6.07) is 8.54. The van der Waals surface area contributed by atoms with E-state index >= 15 is 0 Å². The fourth-order valence-electron chi connectivity index (χ4n) is 1.83. The van der Waals surface area contributed by atoms with E-state index in [1.807, 2.05) is 24.3 Å². The second kappa shape index (κ2) is 6.33. The minimum absolute atomic E-state index is 0.560. The highest BCUT2D eigenvalue weighted by Gasteiger charge is 2.07. The summed E-state index contributed by atoms with van der Waals surface area (Å²) in [4.78, 5) is 0. The first-order chi connectivity index (χ1) is 7.27. The van der Waals surface area contributed by atoms with Crippen LogP contribution in [0, 0.1) is 0 Å². The summed E-state index contributed by atoms with van der Waals surface area (Å²) in [5.74, 6) is 0. The second-order valence-electron chi connectivity index (χ2n) is 4.01. The Balaban J connectivity index is 2.60. The topological polar surface area (TPSA) is 38.0 Å². The lowest BCUT2D eigenvalue weighted by atomic mass is 10.1. The van der Waals surface area contributed by atoms with E-state index < -0.39 is 0 Å². The lowest BCUT2D eigenvalue weighted by Gasteiger charge is -2.19. The minimum Gasteiger partial charge on any atom is -0.397 e. The molecule has 0 bridgehead atoms. The number of anilines is 2. The lowest BCUT2D eigenvalue weighted by Crippen LogP contribution is -2.19. The fraction of sp³-hybridized carbons (Fsp3) is 0.538. The Morgan fingerprint density at radius 1 is 1.13 bits per heavy atom. The Bertz CT molecular complexity index is 278. The maximum Gasteiger partial charge on any atom is 0.0576 e. The van der Waals surface area contributed by atoms with Gasteiger partial charge in [-0.05, 0) is 25.0 Å². The highest BCUT2D eigenvalue weighted by atomic mass is 14.9. The van der Waals surface area contributed by atoms with Crippen molar-refractivity contribution in [3.8, 4) is 0 Å². The SMILES string of the molecule is CCCC(CCC)Nc1ccccc1N. The monoisotopic (exact) mass is 206 g/mol. The summed E-state index contributed by atoms with van der Waals surface area (Å²) in [6.07, 6.45) is 4.85. The van der Waals surface area contributed by atoms with Crippen LogP contribution in [0.3, 0.4) is 0 Å². The molecule has 2 heteroatoms. The third-order valence-electron chi connectivity index (χ3n) is 2.59. The second-order valence-corrected chi connectivity index (χ2v) is 4.01. The molecule has 0 amide bonds. The molecule has 0 aliphatic rings. The third-order valence-corrected chi connectivity index (χ3v) is 2.59. The number of hydrogen-bond donors (Lipinski definition) is 2. The fourth-order valence-corrected chi connectivity index (χ4v) is 1.83. The van der Waals surface area contributed by atoms with Gasteiger partial charge in [-0.25, -0.2) is 0 Å². The van der Waals surface area contributed by atoms with E-state index in [1.165, 1.54) is 25.7 Å². The number of rotatable bonds is 6. The van der Waals surface area contributed by atoms with Crippen LogP contribution in [0.25, 0.3) is 0 Å². The molecule has 84 valence electrons. The Labute approximate surface area is 92.9 Å². The van der Waals surface area contributed by atoms with Crippen molar-refractivity contribution >= 4 is 11.4 Å². The van der Waals surface area contributed by atoms with E-state index in [9.17, 15) is 0 Å². The molecule has 0 fully saturated rings. The van der Waals surface area contributed by atoms with Crippen molar-refractivity contribution in [2.75, 3.05) is 11.1 Å². The molecule has 1 aromatic carbocycles. The summed E-state index contributed by atoms with van der Waals surface area (Å²) in [7, 11) is 0. The van der Waals surface area contributed by atoms with Crippen molar-refractivity contribution in [3.05, 3.63) is 24.3 Å². The van der Waals surface area contributed by atoms with Crippen molar-refractivity contribution in [3.63, 3.8) is 0 Å². The summed E-state index contributed by atoms with van der Waals surface area (Å²) in [6.45, 7) is 4.44. The summed E-state index contributed by atoms with van der Waals surface area (Å²) in [5, 5.41) is 3.52. The van der Waals surface area contributed by atoms with Crippen LogP contribution in [0.15, 0.2) is 24.3 Å². The highest BCUT2D eigenvalue weighted by molar-refractivity contribution is 5.65. The van der Waals surface area contributed by atoms with Crippen LogP contribution in [0.1, 0.15) is 39.5 Å². The molecule has 0 aliphatic heterocycles. The molecule has 1 rings (SSSR count). The zero-order valence-electron chi connectivity index (χ0n) is 9.79. The number of nitrogen functional groups attached to an aromatic ring is 1. The lowest BCUT2D eigenvalue weighted by molar-refractivity contribution is 0.586. The molecule has 0 saturated carbocycles. The maximum absolute atomic E-state index is 5.90. The standard InChI is InChI=1S/C13H22N2/c1-3-7-11(8-4-2)15-13-10-6-5-9-12(13)14/h5-6,9-11,15H,3-4,7-8,14H2,1-2H3. The molecule has 0 radical (unpaired) electrons. The average Bonchev–Trinajstić information content (AvgIpc) is 2.22. The zero-order chi connectivity index (χ0) is 11.1. The summed E-state index contributed by atoms with van der Waals surface area (Å²) >= 11 is 0. The van der Waals surface area contributed by atoms with Crippen LogP contribution in [0.4, 0.5) is 11.4 Å². The van der Waals surface area contributed by atoms with Gasteiger partial charge in [0, 0.05) is 6.04 Å². The zero-order valence-corrected chi connectivity index (χ0v) is 9.79. The summed E-state index contributed by atoms with van der Waals surface area (Å²) in [5.41, 5.74) is 7.81. The van der Waals surface area contributed by atoms with E-state index in [2.05, 4.69) is 19.2 Å². The Hall–Kier alpha value is -1.18. The van der Waals surface area contributed by atoms with Crippen LogP contribution >= 0.6 is 0 Å². The van der Waals surface area contributed by atoms with E-state index in [0.717, 1.165) is 11.4 Å². The molecular weight excluding hydrogens is 184 g/mol. The Kier molecular flexibility index (Phi) is 5.02. The van der Waals surface area contributed by atoms with Gasteiger partial charge in [-0.2, -0.15) is 0 Å². The third kappa shape index (κ3) is 3.82. The first-order valence-corrected chi connectivity index (χ1v) is 5.89. The van der Waals surface area contributed by atoms with Crippen LogP contribution in [0.5, 0.6) is 0 Å². The van der Waals surface area contributed by atoms with Crippen molar-refractivity contribution in [1.82, 2.24) is 0 Å². The molecule has 0 atom stereocenters. The van der Waals surface area contributed by atoms with E-state index in [1.54, 1.807) is 0 Å². The van der Waals surface area contributed by atoms with Gasteiger partial charge < -0.3 is 11.1 Å². The molecule has 15 heavy (non-hydrogen) atoms. The quantitative estimate of drug-likeness (QED) is 0.697. The largest absolute Gasteiger partial charge is 0.397 e. The summed E-state index contributed by atoms with van der Waals surface area (Å²) < 4.78 is 0. The molecule has 0 heterocycles. The molecule has 3 N–H and O–H groups in total. The van der Waals surface area contributed by atoms with Gasteiger partial charge in [-0.3, -0.25) is 0 Å². The first kappa shape index (κ1) is 11.9. The number of benzene rings is 1. The van der Waals surface area contributed by atoms with Gasteiger partial charge in [0.25, 0.3) is 0 Å². The average molecular weight is 206 g/mol. The number of nitrogens with two attached hydrogens (primary N) is 1. The smallest absolute Gasteiger partial charge is 0.0576 e. The van der Waals surface area contributed by atoms with Crippen molar-refractivity contribution < 1.29 is 0 Å². The van der Waals surface area contributed by atoms with Crippen LogP contribution in [0.2, 0.25) is 0 Å². The Morgan fingerprint density at radius 3 is 2.27 bits per heavy atom. The number of para-hydroxylation sites is 2. The molecule has 0 saturated heterocycles. The van der Waals surface area contributed by atoms with E-state index in [-0.39, 0.29) is 0 Å². The van der Waals surface area contributed by atoms with Gasteiger partial charge in [0.15, 0.2) is 0 Å². The van der Waals surface area contributed by atoms with Gasteiger partial charge in [-0.1, -0.05) is 38.8 Å². The molecular formula is C13H22N2. The first-order valence-electron chi connectivity index (χ1n) is 5.89. The molecule has 1 aromatic rings. The molecule has 0 spiro atoms. The predicted octanol–water partition coefficient (Wildman–Crippen LogP) is 3.65.